The van der Waals surface area contributed by atoms with Gasteiger partial charge in [0.15, 0.2) is 0 Å². The molecular weight excluding hydrogens is 280 g/mol. The maximum atomic E-state index is 12.1. The molecule has 0 fully saturated rings. The van der Waals surface area contributed by atoms with Gasteiger partial charge in [0.05, 0.1) is 13.5 Å². The van der Waals surface area contributed by atoms with Gasteiger partial charge >= 0.3 is 0 Å². The van der Waals surface area contributed by atoms with Gasteiger partial charge in [0.25, 0.3) is 0 Å². The molecule has 0 spiro atoms. The van der Waals surface area contributed by atoms with E-state index in [2.05, 4.69) is 10.6 Å². The molecule has 0 unspecified atom stereocenters. The predicted octanol–water partition coefficient (Wildman–Crippen LogP) is 2.83. The van der Waals surface area contributed by atoms with Gasteiger partial charge in [-0.15, -0.1) is 0 Å². The van der Waals surface area contributed by atoms with Crippen molar-refractivity contribution in [2.45, 2.75) is 13.3 Å². The third-order valence-corrected chi connectivity index (χ3v) is 3.01. The number of carbonyl (C=O) groups is 2. The maximum Gasteiger partial charge on any atom is 0.228 e. The molecule has 0 atom stereocenters. The summed E-state index contributed by atoms with van der Waals surface area (Å²) in [5, 5.41) is 5.49. The van der Waals surface area contributed by atoms with Crippen molar-refractivity contribution in [3.8, 4) is 5.75 Å². The van der Waals surface area contributed by atoms with Crippen molar-refractivity contribution >= 4 is 23.2 Å². The van der Waals surface area contributed by atoms with Gasteiger partial charge < -0.3 is 15.4 Å². The summed E-state index contributed by atoms with van der Waals surface area (Å²) in [6.07, 6.45) is 0.217. The Hall–Kier alpha value is -2.82. The number of ether oxygens (including phenoxy) is 1. The van der Waals surface area contributed by atoms with Crippen LogP contribution in [-0.4, -0.2) is 18.9 Å². The molecule has 0 bridgehead atoms. The summed E-state index contributed by atoms with van der Waals surface area (Å²) >= 11 is 0. The Morgan fingerprint density at radius 1 is 1.00 bits per heavy atom. The monoisotopic (exact) mass is 298 g/mol. The van der Waals surface area contributed by atoms with Crippen LogP contribution in [0, 0.1) is 0 Å². The van der Waals surface area contributed by atoms with E-state index >= 15 is 0 Å². The van der Waals surface area contributed by atoms with E-state index < -0.39 is 0 Å². The van der Waals surface area contributed by atoms with Crippen LogP contribution in [0.1, 0.15) is 12.5 Å². The summed E-state index contributed by atoms with van der Waals surface area (Å²) in [5.41, 5.74) is 2.09. The number of benzene rings is 2. The molecule has 0 heterocycles. The van der Waals surface area contributed by atoms with E-state index in [-0.39, 0.29) is 18.2 Å². The molecule has 22 heavy (non-hydrogen) atoms. The number of rotatable bonds is 5. The molecule has 5 nitrogen and oxygen atoms in total. The second-order valence-corrected chi connectivity index (χ2v) is 4.80. The van der Waals surface area contributed by atoms with E-state index in [0.29, 0.717) is 17.1 Å². The standard InChI is InChI=1S/C17H18N2O3/c1-12(20)18-14-7-5-8-15(11-14)19-17(21)10-13-6-3-4-9-16(13)22-2/h3-9,11H,10H2,1-2H3,(H,18,20)(H,19,21). The van der Waals surface area contributed by atoms with Crippen molar-refractivity contribution < 1.29 is 14.3 Å². The molecule has 2 aromatic rings. The fraction of sp³-hybridized carbons (Fsp3) is 0.176. The maximum absolute atomic E-state index is 12.1. The number of amides is 2. The van der Waals surface area contributed by atoms with Crippen LogP contribution in [-0.2, 0) is 16.0 Å². The lowest BCUT2D eigenvalue weighted by molar-refractivity contribution is -0.116. The Balaban J connectivity index is 2.04. The molecular formula is C17H18N2O3. The number of hydrogen-bond donors (Lipinski definition) is 2. The Morgan fingerprint density at radius 2 is 1.68 bits per heavy atom. The zero-order valence-electron chi connectivity index (χ0n) is 12.6. The molecule has 0 radical (unpaired) electrons. The van der Waals surface area contributed by atoms with E-state index in [1.807, 2.05) is 24.3 Å². The van der Waals surface area contributed by atoms with Gasteiger partial charge in [0.1, 0.15) is 5.75 Å². The quantitative estimate of drug-likeness (QED) is 0.892. The van der Waals surface area contributed by atoms with E-state index in [1.54, 1.807) is 31.4 Å². The Bertz CT molecular complexity index is 683. The average Bonchev–Trinajstić information content (AvgIpc) is 2.47. The van der Waals surface area contributed by atoms with Gasteiger partial charge in [0.2, 0.25) is 11.8 Å². The predicted molar refractivity (Wildman–Crippen MR) is 86.1 cm³/mol. The second kappa shape index (κ2) is 7.26. The molecule has 2 aromatic carbocycles. The minimum Gasteiger partial charge on any atom is -0.496 e. The molecule has 0 aliphatic heterocycles. The van der Waals surface area contributed by atoms with E-state index in [4.69, 9.17) is 4.74 Å². The molecule has 0 saturated heterocycles. The molecule has 0 saturated carbocycles. The van der Waals surface area contributed by atoms with Gasteiger partial charge in [-0.3, -0.25) is 9.59 Å². The molecule has 0 aliphatic rings. The van der Waals surface area contributed by atoms with Crippen LogP contribution in [0.15, 0.2) is 48.5 Å². The number of anilines is 2. The van der Waals surface area contributed by atoms with Crippen LogP contribution in [0.4, 0.5) is 11.4 Å². The van der Waals surface area contributed by atoms with E-state index in [1.165, 1.54) is 6.92 Å². The average molecular weight is 298 g/mol. The highest BCUT2D eigenvalue weighted by Crippen LogP contribution is 2.19. The third-order valence-electron chi connectivity index (χ3n) is 3.01. The number of methoxy groups -OCH3 is 1. The van der Waals surface area contributed by atoms with Crippen LogP contribution >= 0.6 is 0 Å². The number of para-hydroxylation sites is 1. The fourth-order valence-corrected chi connectivity index (χ4v) is 2.11. The molecule has 2 N–H and O–H groups in total. The Kier molecular flexibility index (Phi) is 5.14. The molecule has 114 valence electrons. The first-order valence-corrected chi connectivity index (χ1v) is 6.88. The summed E-state index contributed by atoms with van der Waals surface area (Å²) in [6, 6.07) is 14.4. The first kappa shape index (κ1) is 15.6. The third kappa shape index (κ3) is 4.34. The van der Waals surface area contributed by atoms with Crippen molar-refractivity contribution in [2.24, 2.45) is 0 Å². The van der Waals surface area contributed by atoms with Crippen molar-refractivity contribution in [2.75, 3.05) is 17.7 Å². The second-order valence-electron chi connectivity index (χ2n) is 4.80. The number of hydrogen-bond acceptors (Lipinski definition) is 3. The molecule has 2 amide bonds. The first-order valence-electron chi connectivity index (χ1n) is 6.88. The van der Waals surface area contributed by atoms with Crippen molar-refractivity contribution in [1.82, 2.24) is 0 Å². The lowest BCUT2D eigenvalue weighted by Crippen LogP contribution is -2.15. The van der Waals surface area contributed by atoms with Gasteiger partial charge in [-0.05, 0) is 24.3 Å². The smallest absolute Gasteiger partial charge is 0.228 e. The van der Waals surface area contributed by atoms with E-state index in [0.717, 1.165) is 5.56 Å². The lowest BCUT2D eigenvalue weighted by Gasteiger charge is -2.10. The van der Waals surface area contributed by atoms with Crippen LogP contribution in [0.5, 0.6) is 5.75 Å². The largest absolute Gasteiger partial charge is 0.496 e. The minimum absolute atomic E-state index is 0.149. The zero-order valence-corrected chi connectivity index (χ0v) is 12.6. The van der Waals surface area contributed by atoms with Crippen LogP contribution < -0.4 is 15.4 Å². The van der Waals surface area contributed by atoms with Crippen LogP contribution in [0.2, 0.25) is 0 Å². The highest BCUT2D eigenvalue weighted by atomic mass is 16.5. The first-order chi connectivity index (χ1) is 10.6. The van der Waals surface area contributed by atoms with Gasteiger partial charge in [-0.2, -0.15) is 0 Å². The topological polar surface area (TPSA) is 67.4 Å². The summed E-state index contributed by atoms with van der Waals surface area (Å²) < 4.78 is 5.23. The van der Waals surface area contributed by atoms with Crippen molar-refractivity contribution in [1.29, 1.82) is 0 Å². The fourth-order valence-electron chi connectivity index (χ4n) is 2.11. The van der Waals surface area contributed by atoms with Crippen LogP contribution in [0.3, 0.4) is 0 Å². The SMILES string of the molecule is COc1ccccc1CC(=O)Nc1cccc(NC(C)=O)c1. The van der Waals surface area contributed by atoms with Gasteiger partial charge in [-0.1, -0.05) is 24.3 Å². The summed E-state index contributed by atoms with van der Waals surface area (Å²) in [6.45, 7) is 1.44. The molecule has 0 aromatic heterocycles. The molecule has 2 rings (SSSR count). The molecule has 0 aliphatic carbocycles. The lowest BCUT2D eigenvalue weighted by atomic mass is 10.1. The highest BCUT2D eigenvalue weighted by Gasteiger charge is 2.09. The summed E-state index contributed by atoms with van der Waals surface area (Å²) in [5.74, 6) is 0.381. The highest BCUT2D eigenvalue weighted by molar-refractivity contribution is 5.94. The van der Waals surface area contributed by atoms with Crippen molar-refractivity contribution in [3.63, 3.8) is 0 Å². The Morgan fingerprint density at radius 3 is 2.36 bits per heavy atom. The summed E-state index contributed by atoms with van der Waals surface area (Å²) in [7, 11) is 1.58. The van der Waals surface area contributed by atoms with Crippen molar-refractivity contribution in [3.05, 3.63) is 54.1 Å². The molecule has 5 heteroatoms. The normalized spacial score (nSPS) is 9.91. The summed E-state index contributed by atoms with van der Waals surface area (Å²) in [4.78, 5) is 23.2. The minimum atomic E-state index is -0.155. The number of carbonyl (C=O) groups excluding carboxylic acids is 2. The van der Waals surface area contributed by atoms with Gasteiger partial charge in [-0.25, -0.2) is 0 Å². The van der Waals surface area contributed by atoms with E-state index in [9.17, 15) is 9.59 Å². The van der Waals surface area contributed by atoms with Gasteiger partial charge in [0, 0.05) is 23.9 Å². The number of nitrogens with one attached hydrogen (secondary N) is 2. The Labute approximate surface area is 129 Å². The zero-order chi connectivity index (χ0) is 15.9. The van der Waals surface area contributed by atoms with Crippen LogP contribution in [0.25, 0.3) is 0 Å².